The lowest BCUT2D eigenvalue weighted by molar-refractivity contribution is 0.0395. The van der Waals surface area contributed by atoms with Crippen LogP contribution in [0.25, 0.3) is 0 Å². The number of ether oxygens (including phenoxy) is 2. The van der Waals surface area contributed by atoms with Crippen LogP contribution in [0.2, 0.25) is 0 Å². The van der Waals surface area contributed by atoms with Gasteiger partial charge in [-0.05, 0) is 49.4 Å². The molecule has 1 atom stereocenters. The number of anilines is 2. The van der Waals surface area contributed by atoms with Gasteiger partial charge in [-0.1, -0.05) is 26.0 Å². The van der Waals surface area contributed by atoms with Gasteiger partial charge < -0.3 is 19.7 Å². The summed E-state index contributed by atoms with van der Waals surface area (Å²) in [6.45, 7) is 6.12. The quantitative estimate of drug-likeness (QED) is 0.297. The van der Waals surface area contributed by atoms with Gasteiger partial charge in [-0.15, -0.1) is 0 Å². The van der Waals surface area contributed by atoms with E-state index in [2.05, 4.69) is 15.4 Å². The summed E-state index contributed by atoms with van der Waals surface area (Å²) >= 11 is 0. The van der Waals surface area contributed by atoms with Crippen LogP contribution in [0.4, 0.5) is 20.2 Å². The van der Waals surface area contributed by atoms with Crippen LogP contribution >= 0.6 is 0 Å². The second kappa shape index (κ2) is 12.7. The molecule has 222 valence electrons. The summed E-state index contributed by atoms with van der Waals surface area (Å²) in [7, 11) is 2.70. The molecule has 10 nitrogen and oxygen atoms in total. The third-order valence-corrected chi connectivity index (χ3v) is 6.78. The zero-order valence-electron chi connectivity index (χ0n) is 24.3. The van der Waals surface area contributed by atoms with Gasteiger partial charge in [-0.2, -0.15) is 19.1 Å². The lowest BCUT2D eigenvalue weighted by Crippen LogP contribution is -2.47. The maximum absolute atomic E-state index is 15.3. The molecule has 4 aromatic rings. The van der Waals surface area contributed by atoms with E-state index in [1.807, 2.05) is 26.8 Å². The minimum Gasteiger partial charge on any atom is -0.495 e. The van der Waals surface area contributed by atoms with Crippen molar-refractivity contribution in [2.45, 2.75) is 39.3 Å². The molecule has 1 aliphatic heterocycles. The Kier molecular flexibility index (Phi) is 9.04. The number of carbonyl (C=O) groups is 2. The second-order valence-corrected chi connectivity index (χ2v) is 9.28. The molecule has 2 amide bonds. The van der Waals surface area contributed by atoms with Crippen LogP contribution in [0.5, 0.6) is 11.6 Å². The van der Waals surface area contributed by atoms with Crippen LogP contribution in [0.3, 0.4) is 0 Å². The summed E-state index contributed by atoms with van der Waals surface area (Å²) < 4.78 is 42.3. The summed E-state index contributed by atoms with van der Waals surface area (Å²) in [6.07, 6.45) is 2.74. The molecule has 0 saturated heterocycles. The molecular formula is C31H30F2N6O4. The van der Waals surface area contributed by atoms with Gasteiger partial charge >= 0.3 is 5.92 Å². The highest BCUT2D eigenvalue weighted by Gasteiger charge is 2.39. The average Bonchev–Trinajstić information content (AvgIpc) is 3.43. The van der Waals surface area contributed by atoms with E-state index in [0.29, 0.717) is 18.0 Å². The Balaban J connectivity index is 0.00000207. The first-order chi connectivity index (χ1) is 20.7. The van der Waals surface area contributed by atoms with E-state index >= 15 is 8.78 Å². The van der Waals surface area contributed by atoms with Crippen molar-refractivity contribution in [1.29, 1.82) is 5.26 Å². The first-order valence-corrected chi connectivity index (χ1v) is 13.5. The number of alkyl halides is 2. The standard InChI is InChI=1S/C29H24F2N6O4.C2H6/c1-17-16-36-25(23(15-34-36)35-26(38)18-6-11-24(40-2)19(13-18)14-32)28(39)37(17)21-9-7-20(8-10-21)29(30,31)22-5-4-12-33-27(22)41-3;1-2/h4-13,15,17H,16H2,1-3H3,(H,35,38);1-2H3/t17-;/m0./s1. The molecule has 43 heavy (non-hydrogen) atoms. The molecule has 0 radical (unpaired) electrons. The van der Waals surface area contributed by atoms with Crippen molar-refractivity contribution in [2.24, 2.45) is 0 Å². The third kappa shape index (κ3) is 5.74. The van der Waals surface area contributed by atoms with Crippen LogP contribution in [-0.4, -0.2) is 46.8 Å². The molecule has 0 bridgehead atoms. The topological polar surface area (TPSA) is 122 Å². The predicted molar refractivity (Wildman–Crippen MR) is 156 cm³/mol. The van der Waals surface area contributed by atoms with Crippen LogP contribution in [0.1, 0.15) is 58.3 Å². The highest BCUT2D eigenvalue weighted by Crippen LogP contribution is 2.40. The van der Waals surface area contributed by atoms with E-state index in [1.165, 1.54) is 90.8 Å². The van der Waals surface area contributed by atoms with Gasteiger partial charge in [0.25, 0.3) is 11.8 Å². The largest absolute Gasteiger partial charge is 0.495 e. The molecule has 12 heteroatoms. The number of fused-ring (bicyclic) bond motifs is 1. The van der Waals surface area contributed by atoms with Crippen molar-refractivity contribution < 1.29 is 27.8 Å². The molecule has 0 unspecified atom stereocenters. The van der Waals surface area contributed by atoms with Crippen molar-refractivity contribution in [3.63, 3.8) is 0 Å². The second-order valence-electron chi connectivity index (χ2n) is 9.28. The number of nitrogens with one attached hydrogen (secondary N) is 1. The maximum Gasteiger partial charge on any atom is 0.303 e. The Hall–Kier alpha value is -5.31. The first kappa shape index (κ1) is 30.6. The molecule has 5 rings (SSSR count). The number of methoxy groups -OCH3 is 2. The third-order valence-electron chi connectivity index (χ3n) is 6.78. The molecule has 0 spiro atoms. The zero-order valence-corrected chi connectivity index (χ0v) is 24.3. The van der Waals surface area contributed by atoms with Gasteiger partial charge in [0.2, 0.25) is 5.88 Å². The SMILES string of the molecule is CC.COc1ccc(C(=O)Nc2cnn3c2C(=O)N(c2ccc(C(F)(F)c4cccnc4OC)cc2)[C@@H](C)C3)cc1C#N. The molecule has 1 N–H and O–H groups in total. The number of nitrogens with zero attached hydrogens (tertiary/aromatic N) is 5. The molecule has 2 aromatic heterocycles. The summed E-state index contributed by atoms with van der Waals surface area (Å²) in [5, 5.41) is 16.3. The number of nitriles is 1. The minimum absolute atomic E-state index is 0.139. The number of hydrogen-bond donors (Lipinski definition) is 1. The van der Waals surface area contributed by atoms with Gasteiger partial charge in [0, 0.05) is 23.0 Å². The highest BCUT2D eigenvalue weighted by molar-refractivity contribution is 6.13. The number of aromatic nitrogens is 3. The first-order valence-electron chi connectivity index (χ1n) is 13.5. The summed E-state index contributed by atoms with van der Waals surface area (Å²) in [5.41, 5.74) is 0.429. The molecule has 0 saturated carbocycles. The fourth-order valence-corrected chi connectivity index (χ4v) is 4.77. The van der Waals surface area contributed by atoms with E-state index in [4.69, 9.17) is 9.47 Å². The lowest BCUT2D eigenvalue weighted by atomic mass is 10.0. The number of halogens is 2. The maximum atomic E-state index is 15.3. The van der Waals surface area contributed by atoms with Crippen LogP contribution in [-0.2, 0) is 12.5 Å². The number of amides is 2. The molecule has 2 aromatic carbocycles. The number of benzene rings is 2. The van der Waals surface area contributed by atoms with Crippen molar-refractivity contribution in [3.05, 3.63) is 94.9 Å². The number of rotatable bonds is 7. The lowest BCUT2D eigenvalue weighted by Gasteiger charge is -2.34. The van der Waals surface area contributed by atoms with Gasteiger partial charge in [-0.25, -0.2) is 4.98 Å². The average molecular weight is 589 g/mol. The Morgan fingerprint density at radius 3 is 2.49 bits per heavy atom. The Morgan fingerprint density at radius 1 is 1.12 bits per heavy atom. The fraction of sp³-hybridized carbons (Fsp3) is 0.258. The van der Waals surface area contributed by atoms with Crippen LogP contribution in [0, 0.1) is 11.3 Å². The Morgan fingerprint density at radius 2 is 1.84 bits per heavy atom. The summed E-state index contributed by atoms with van der Waals surface area (Å²) in [6, 6.07) is 14.1. The van der Waals surface area contributed by atoms with E-state index in [9.17, 15) is 14.9 Å². The smallest absolute Gasteiger partial charge is 0.303 e. The van der Waals surface area contributed by atoms with E-state index in [-0.39, 0.29) is 45.6 Å². The normalized spacial score (nSPS) is 14.1. The van der Waals surface area contributed by atoms with Crippen molar-refractivity contribution in [1.82, 2.24) is 14.8 Å². The monoisotopic (exact) mass is 588 g/mol. The summed E-state index contributed by atoms with van der Waals surface area (Å²) in [5.74, 6) is -4.25. The van der Waals surface area contributed by atoms with E-state index in [0.717, 1.165) is 0 Å². The highest BCUT2D eigenvalue weighted by atomic mass is 19.3. The minimum atomic E-state index is -3.39. The van der Waals surface area contributed by atoms with E-state index in [1.54, 1.807) is 0 Å². The van der Waals surface area contributed by atoms with Gasteiger partial charge in [-0.3, -0.25) is 14.3 Å². The van der Waals surface area contributed by atoms with Crippen molar-refractivity contribution >= 4 is 23.2 Å². The van der Waals surface area contributed by atoms with Crippen molar-refractivity contribution in [3.8, 4) is 17.7 Å². The van der Waals surface area contributed by atoms with Gasteiger partial charge in [0.05, 0.1) is 49.8 Å². The molecule has 1 aliphatic rings. The Bertz CT molecular complexity index is 1680. The van der Waals surface area contributed by atoms with Crippen LogP contribution in [0.15, 0.2) is 67.0 Å². The Labute approximate surface area is 247 Å². The van der Waals surface area contributed by atoms with Gasteiger partial charge in [0.1, 0.15) is 17.5 Å². The number of hydrogen-bond acceptors (Lipinski definition) is 7. The zero-order chi connectivity index (χ0) is 31.3. The number of carbonyl (C=O) groups excluding carboxylic acids is 2. The van der Waals surface area contributed by atoms with E-state index < -0.39 is 17.7 Å². The fourth-order valence-electron chi connectivity index (χ4n) is 4.77. The molecular weight excluding hydrogens is 558 g/mol. The molecule has 3 heterocycles. The predicted octanol–water partition coefficient (Wildman–Crippen LogP) is 5.63. The van der Waals surface area contributed by atoms with Gasteiger partial charge in [0.15, 0.2) is 0 Å². The van der Waals surface area contributed by atoms with Crippen molar-refractivity contribution in [2.75, 3.05) is 24.4 Å². The van der Waals surface area contributed by atoms with Crippen LogP contribution < -0.4 is 19.7 Å². The summed E-state index contributed by atoms with van der Waals surface area (Å²) in [4.78, 5) is 32.0. The number of pyridine rings is 1. The molecule has 0 fully saturated rings. The molecule has 0 aliphatic carbocycles.